The monoisotopic (exact) mass is 309 g/mol. The van der Waals surface area contributed by atoms with E-state index in [4.69, 9.17) is 9.47 Å². The Morgan fingerprint density at radius 3 is 2.45 bits per heavy atom. The van der Waals surface area contributed by atoms with Crippen LogP contribution >= 0.6 is 0 Å². The summed E-state index contributed by atoms with van der Waals surface area (Å²) in [6.45, 7) is 2.81. The normalized spacial score (nSPS) is 32.7. The summed E-state index contributed by atoms with van der Waals surface area (Å²) in [6, 6.07) is 4.10. The van der Waals surface area contributed by atoms with E-state index in [9.17, 15) is 8.78 Å². The number of nitrogens with one attached hydrogen (secondary N) is 1. The van der Waals surface area contributed by atoms with Gasteiger partial charge in [0.25, 0.3) is 0 Å². The lowest BCUT2D eigenvalue weighted by Gasteiger charge is -2.49. The summed E-state index contributed by atoms with van der Waals surface area (Å²) in [5, 5.41) is 3.42. The first-order chi connectivity index (χ1) is 10.6. The largest absolute Gasteiger partial charge is 0.376 e. The average molecular weight is 309 g/mol. The fraction of sp³-hybridized carbons (Fsp3) is 0.647. The number of rotatable bonds is 4. The summed E-state index contributed by atoms with van der Waals surface area (Å²) >= 11 is 0. The van der Waals surface area contributed by atoms with Gasteiger partial charge in [-0.1, -0.05) is 6.07 Å². The van der Waals surface area contributed by atoms with Crippen molar-refractivity contribution in [3.63, 3.8) is 0 Å². The van der Waals surface area contributed by atoms with Crippen molar-refractivity contribution in [3.05, 3.63) is 35.4 Å². The predicted molar refractivity (Wildman–Crippen MR) is 77.5 cm³/mol. The maximum Gasteiger partial charge on any atom is 0.131 e. The van der Waals surface area contributed by atoms with Crippen LogP contribution in [-0.2, 0) is 15.0 Å². The molecule has 2 aliphatic carbocycles. The van der Waals surface area contributed by atoms with Gasteiger partial charge in [-0.15, -0.1) is 0 Å². The summed E-state index contributed by atoms with van der Waals surface area (Å²) in [6.07, 6.45) is 3.52. The smallest absolute Gasteiger partial charge is 0.131 e. The van der Waals surface area contributed by atoms with E-state index in [1.807, 2.05) is 0 Å². The molecule has 1 heterocycles. The van der Waals surface area contributed by atoms with Crippen LogP contribution in [0.25, 0.3) is 0 Å². The third-order valence-corrected chi connectivity index (χ3v) is 5.24. The molecular weight excluding hydrogens is 288 g/mol. The zero-order chi connectivity index (χ0) is 15.2. The van der Waals surface area contributed by atoms with Gasteiger partial charge >= 0.3 is 0 Å². The lowest BCUT2D eigenvalue weighted by Crippen LogP contribution is -2.55. The maximum absolute atomic E-state index is 14.0. The van der Waals surface area contributed by atoms with E-state index in [-0.39, 0.29) is 11.2 Å². The van der Waals surface area contributed by atoms with E-state index in [1.165, 1.54) is 18.2 Å². The summed E-state index contributed by atoms with van der Waals surface area (Å²) in [5.74, 6) is -0.396. The Morgan fingerprint density at radius 2 is 1.86 bits per heavy atom. The van der Waals surface area contributed by atoms with Gasteiger partial charge in [-0.3, -0.25) is 0 Å². The van der Waals surface area contributed by atoms with E-state index in [0.29, 0.717) is 25.7 Å². The van der Waals surface area contributed by atoms with Gasteiger partial charge in [-0.05, 0) is 50.3 Å². The maximum atomic E-state index is 14.0. The number of halogens is 2. The van der Waals surface area contributed by atoms with E-state index < -0.39 is 17.2 Å². The van der Waals surface area contributed by atoms with Crippen molar-refractivity contribution >= 4 is 0 Å². The molecule has 0 atom stereocenters. The van der Waals surface area contributed by atoms with Crippen molar-refractivity contribution < 1.29 is 18.3 Å². The van der Waals surface area contributed by atoms with E-state index in [2.05, 4.69) is 5.32 Å². The van der Waals surface area contributed by atoms with Gasteiger partial charge in [0.2, 0.25) is 0 Å². The second-order valence-electron chi connectivity index (χ2n) is 6.92. The number of hydrogen-bond donors (Lipinski definition) is 1. The highest BCUT2D eigenvalue weighted by molar-refractivity contribution is 5.33. The quantitative estimate of drug-likeness (QED) is 0.928. The lowest BCUT2D eigenvalue weighted by molar-refractivity contribution is -0.209. The van der Waals surface area contributed by atoms with Crippen molar-refractivity contribution in [2.45, 2.75) is 36.8 Å². The third kappa shape index (κ3) is 2.45. The van der Waals surface area contributed by atoms with Crippen molar-refractivity contribution in [1.29, 1.82) is 0 Å². The van der Waals surface area contributed by atoms with Crippen LogP contribution in [0.4, 0.5) is 8.78 Å². The van der Waals surface area contributed by atoms with Crippen LogP contribution in [0, 0.1) is 17.6 Å². The van der Waals surface area contributed by atoms with Gasteiger partial charge in [0.15, 0.2) is 0 Å². The van der Waals surface area contributed by atoms with Crippen LogP contribution < -0.4 is 5.32 Å². The molecule has 1 aromatic carbocycles. The average Bonchev–Trinajstić information content (AvgIpc) is 3.24. The van der Waals surface area contributed by atoms with Gasteiger partial charge < -0.3 is 14.8 Å². The molecule has 0 bridgehead atoms. The molecule has 120 valence electrons. The molecule has 3 aliphatic rings. The van der Waals surface area contributed by atoms with Crippen LogP contribution in [0.15, 0.2) is 18.2 Å². The molecule has 0 radical (unpaired) electrons. The third-order valence-electron chi connectivity index (χ3n) is 5.24. The van der Waals surface area contributed by atoms with Crippen LogP contribution in [-0.4, -0.2) is 32.0 Å². The Bertz CT molecular complexity index is 540. The van der Waals surface area contributed by atoms with Gasteiger partial charge in [0, 0.05) is 11.1 Å². The molecule has 0 unspecified atom stereocenters. The number of ether oxygens (including phenoxy) is 2. The van der Waals surface area contributed by atoms with Gasteiger partial charge in [-0.2, -0.15) is 0 Å². The molecule has 1 spiro atoms. The molecule has 3 fully saturated rings. The lowest BCUT2D eigenvalue weighted by atomic mass is 9.70. The molecule has 1 N–H and O–H groups in total. The van der Waals surface area contributed by atoms with E-state index >= 15 is 0 Å². The number of hydrogen-bond acceptors (Lipinski definition) is 3. The molecule has 0 aromatic heterocycles. The molecule has 1 aliphatic heterocycles. The molecular formula is C17H21F2NO2. The summed E-state index contributed by atoms with van der Waals surface area (Å²) < 4.78 is 39.3. The highest BCUT2D eigenvalue weighted by Gasteiger charge is 2.51. The molecule has 4 rings (SSSR count). The van der Waals surface area contributed by atoms with Crippen LogP contribution in [0.1, 0.15) is 31.2 Å². The minimum atomic E-state index is -0.498. The second-order valence-corrected chi connectivity index (χ2v) is 6.92. The first-order valence-electron chi connectivity index (χ1n) is 8.04. The Morgan fingerprint density at radius 1 is 1.14 bits per heavy atom. The molecule has 0 amide bonds. The second kappa shape index (κ2) is 5.25. The summed E-state index contributed by atoms with van der Waals surface area (Å²) in [7, 11) is 0. The SMILES string of the molecule is Fc1cccc(F)c1C1(NCC2CC3(COCCO3)C2)CC1. The standard InChI is InChI=1S/C17H21F2NO2/c18-13-2-1-3-14(19)15(13)17(4-5-17)20-10-12-8-16(9-12)11-21-6-7-22-16/h1-3,12,20H,4-11H2. The van der Waals surface area contributed by atoms with Crippen molar-refractivity contribution in [2.75, 3.05) is 26.4 Å². The minimum Gasteiger partial charge on any atom is -0.376 e. The van der Waals surface area contributed by atoms with Gasteiger partial charge in [0.05, 0.1) is 25.4 Å². The van der Waals surface area contributed by atoms with Crippen LogP contribution in [0.3, 0.4) is 0 Å². The molecule has 5 heteroatoms. The Hall–Kier alpha value is -1.04. The Labute approximate surface area is 129 Å². The van der Waals surface area contributed by atoms with Crippen LogP contribution in [0.2, 0.25) is 0 Å². The van der Waals surface area contributed by atoms with Crippen molar-refractivity contribution in [1.82, 2.24) is 5.32 Å². The molecule has 2 saturated carbocycles. The molecule has 1 aromatic rings. The first kappa shape index (κ1) is 14.5. The van der Waals surface area contributed by atoms with E-state index in [0.717, 1.165) is 32.2 Å². The summed E-state index contributed by atoms with van der Waals surface area (Å²) in [4.78, 5) is 0. The topological polar surface area (TPSA) is 30.5 Å². The number of benzene rings is 1. The molecule has 1 saturated heterocycles. The highest BCUT2D eigenvalue weighted by atomic mass is 19.1. The van der Waals surface area contributed by atoms with Gasteiger partial charge in [0.1, 0.15) is 11.6 Å². The van der Waals surface area contributed by atoms with Crippen molar-refractivity contribution in [3.8, 4) is 0 Å². The van der Waals surface area contributed by atoms with Gasteiger partial charge in [-0.25, -0.2) is 8.78 Å². The fourth-order valence-electron chi connectivity index (χ4n) is 3.92. The molecule has 22 heavy (non-hydrogen) atoms. The Balaban J connectivity index is 1.37. The zero-order valence-corrected chi connectivity index (χ0v) is 12.5. The first-order valence-corrected chi connectivity index (χ1v) is 8.04. The Kier molecular flexibility index (Phi) is 3.47. The molecule has 3 nitrogen and oxygen atoms in total. The fourth-order valence-corrected chi connectivity index (χ4v) is 3.92. The summed E-state index contributed by atoms with van der Waals surface area (Å²) in [5.41, 5.74) is -0.381. The van der Waals surface area contributed by atoms with E-state index in [1.54, 1.807) is 0 Å². The minimum absolute atomic E-state index is 0.0927. The highest BCUT2D eigenvalue weighted by Crippen LogP contribution is 2.49. The van der Waals surface area contributed by atoms with Crippen molar-refractivity contribution in [2.24, 2.45) is 5.92 Å². The van der Waals surface area contributed by atoms with Crippen LogP contribution in [0.5, 0.6) is 0 Å². The predicted octanol–water partition coefficient (Wildman–Crippen LogP) is 2.74. The zero-order valence-electron chi connectivity index (χ0n) is 12.5.